The van der Waals surface area contributed by atoms with Gasteiger partial charge in [-0.2, -0.15) is 0 Å². The van der Waals surface area contributed by atoms with Gasteiger partial charge < -0.3 is 14.2 Å². The summed E-state index contributed by atoms with van der Waals surface area (Å²) in [7, 11) is 1.61. The summed E-state index contributed by atoms with van der Waals surface area (Å²) in [6.45, 7) is 4.76. The predicted octanol–water partition coefficient (Wildman–Crippen LogP) is 7.20. The van der Waals surface area contributed by atoms with Crippen LogP contribution in [0.2, 0.25) is 0 Å². The molecule has 6 nitrogen and oxygen atoms in total. The van der Waals surface area contributed by atoms with Crippen molar-refractivity contribution in [3.8, 4) is 17.2 Å². The van der Waals surface area contributed by atoms with Crippen LogP contribution < -0.4 is 14.2 Å². The first kappa shape index (κ1) is 26.8. The van der Waals surface area contributed by atoms with Gasteiger partial charge in [-0.05, 0) is 79.7 Å². The highest BCUT2D eigenvalue weighted by atomic mass is 79.9. The molecule has 0 radical (unpaired) electrons. The Morgan fingerprint density at radius 2 is 1.78 bits per heavy atom. The predicted molar refractivity (Wildman–Crippen MR) is 149 cm³/mol. The summed E-state index contributed by atoms with van der Waals surface area (Å²) < 4.78 is 31.6. The number of thioether (sulfide) groups is 1. The molecular weight excluding hydrogens is 559 g/mol. The van der Waals surface area contributed by atoms with E-state index in [1.165, 1.54) is 17.8 Å². The zero-order valence-corrected chi connectivity index (χ0v) is 23.1. The van der Waals surface area contributed by atoms with Crippen molar-refractivity contribution >= 4 is 50.5 Å². The molecule has 3 aromatic rings. The van der Waals surface area contributed by atoms with Crippen LogP contribution in [-0.4, -0.2) is 36.2 Å². The zero-order valence-electron chi connectivity index (χ0n) is 20.7. The number of nitrogens with zero attached hydrogens (tertiary/aromatic N) is 2. The average Bonchev–Trinajstić information content (AvgIpc) is 3.19. The van der Waals surface area contributed by atoms with E-state index in [-0.39, 0.29) is 18.3 Å². The zero-order chi connectivity index (χ0) is 26.4. The fraction of sp³-hybridized carbons (Fsp3) is 0.214. The Kier molecular flexibility index (Phi) is 8.89. The summed E-state index contributed by atoms with van der Waals surface area (Å²) in [5, 5.41) is 0.606. The molecule has 1 heterocycles. The highest BCUT2D eigenvalue weighted by molar-refractivity contribution is 9.10. The van der Waals surface area contributed by atoms with Crippen LogP contribution in [0.4, 0.5) is 10.1 Å². The van der Waals surface area contributed by atoms with E-state index in [0.29, 0.717) is 44.8 Å². The molecule has 0 bridgehead atoms. The van der Waals surface area contributed by atoms with Crippen molar-refractivity contribution in [2.75, 3.05) is 20.3 Å². The molecule has 0 spiro atoms. The minimum atomic E-state index is -0.328. The minimum Gasteiger partial charge on any atom is -0.497 e. The van der Waals surface area contributed by atoms with Crippen LogP contribution in [0.3, 0.4) is 0 Å². The van der Waals surface area contributed by atoms with Gasteiger partial charge in [0.2, 0.25) is 0 Å². The first-order chi connectivity index (χ1) is 17.9. The lowest BCUT2D eigenvalue weighted by Gasteiger charge is -2.14. The minimum absolute atomic E-state index is 0.0601. The smallest absolute Gasteiger partial charge is 0.266 e. The van der Waals surface area contributed by atoms with E-state index in [4.69, 9.17) is 14.2 Å². The van der Waals surface area contributed by atoms with Crippen LogP contribution in [-0.2, 0) is 11.4 Å². The number of likely N-dealkylation sites (N-methyl/N-ethyl adjacent to an activating group) is 1. The van der Waals surface area contributed by atoms with Crippen molar-refractivity contribution in [3.05, 3.63) is 87.0 Å². The Bertz CT molecular complexity index is 1340. The molecule has 0 unspecified atom stereocenters. The van der Waals surface area contributed by atoms with Crippen molar-refractivity contribution < 1.29 is 23.4 Å². The Hall–Kier alpha value is -3.30. The second-order valence-corrected chi connectivity index (χ2v) is 9.75. The molecule has 0 atom stereocenters. The van der Waals surface area contributed by atoms with Gasteiger partial charge in [-0.3, -0.25) is 9.69 Å². The fourth-order valence-electron chi connectivity index (χ4n) is 3.59. The maximum absolute atomic E-state index is 14.0. The number of rotatable bonds is 9. The van der Waals surface area contributed by atoms with Gasteiger partial charge in [0.1, 0.15) is 18.2 Å². The first-order valence-corrected chi connectivity index (χ1v) is 13.3. The van der Waals surface area contributed by atoms with Crippen molar-refractivity contribution in [1.29, 1.82) is 0 Å². The van der Waals surface area contributed by atoms with E-state index >= 15 is 0 Å². The number of hydrogen-bond acceptors (Lipinski definition) is 6. The Morgan fingerprint density at radius 1 is 1.05 bits per heavy atom. The molecule has 0 N–H and O–H groups in total. The Morgan fingerprint density at radius 3 is 2.46 bits per heavy atom. The molecule has 4 rings (SSSR count). The van der Waals surface area contributed by atoms with E-state index in [9.17, 15) is 9.18 Å². The van der Waals surface area contributed by atoms with Gasteiger partial charge in [0.15, 0.2) is 16.7 Å². The normalized spacial score (nSPS) is 15.5. The second kappa shape index (κ2) is 12.3. The monoisotopic (exact) mass is 584 g/mol. The lowest BCUT2D eigenvalue weighted by molar-refractivity contribution is -0.122. The topological polar surface area (TPSA) is 60.4 Å². The van der Waals surface area contributed by atoms with Gasteiger partial charge in [-0.25, -0.2) is 9.38 Å². The summed E-state index contributed by atoms with van der Waals surface area (Å²) >= 11 is 4.90. The van der Waals surface area contributed by atoms with Gasteiger partial charge in [-0.1, -0.05) is 34.1 Å². The van der Waals surface area contributed by atoms with Crippen LogP contribution in [0.1, 0.15) is 25.0 Å². The molecule has 1 fully saturated rings. The number of aliphatic imine (C=N–C) groups is 1. The largest absolute Gasteiger partial charge is 0.497 e. The molecule has 0 saturated carbocycles. The maximum Gasteiger partial charge on any atom is 0.266 e. The van der Waals surface area contributed by atoms with Crippen LogP contribution in [0.25, 0.3) is 6.08 Å². The number of methoxy groups -OCH3 is 1. The third-order valence-electron chi connectivity index (χ3n) is 5.49. The molecule has 1 aliphatic rings. The van der Waals surface area contributed by atoms with Crippen LogP contribution in [0.15, 0.2) is 75.0 Å². The molecule has 9 heteroatoms. The van der Waals surface area contributed by atoms with Gasteiger partial charge >= 0.3 is 0 Å². The van der Waals surface area contributed by atoms with Gasteiger partial charge in [-0.15, -0.1) is 0 Å². The van der Waals surface area contributed by atoms with Gasteiger partial charge in [0, 0.05) is 16.6 Å². The Labute approximate surface area is 228 Å². The van der Waals surface area contributed by atoms with Crippen molar-refractivity contribution in [2.45, 2.75) is 20.5 Å². The number of carbonyl (C=O) groups excluding carboxylic acids is 1. The SMILES string of the molecule is CCOc1cc(/C=C2/SC(=Nc3ccc(OC)cc3)N(CC)C2=O)c(Br)cc1OCc1ccccc1F. The Balaban J connectivity index is 1.61. The quantitative estimate of drug-likeness (QED) is 0.249. The summed E-state index contributed by atoms with van der Waals surface area (Å²) in [5.74, 6) is 1.27. The number of amides is 1. The van der Waals surface area contributed by atoms with Gasteiger partial charge in [0.25, 0.3) is 5.91 Å². The highest BCUT2D eigenvalue weighted by Gasteiger charge is 2.32. The summed E-state index contributed by atoms with van der Waals surface area (Å²) in [6.07, 6.45) is 1.81. The molecule has 37 heavy (non-hydrogen) atoms. The van der Waals surface area contributed by atoms with Crippen molar-refractivity contribution in [2.24, 2.45) is 4.99 Å². The number of benzene rings is 3. The number of ether oxygens (including phenoxy) is 3. The lowest BCUT2D eigenvalue weighted by Crippen LogP contribution is -2.28. The van der Waals surface area contributed by atoms with Crippen LogP contribution in [0.5, 0.6) is 17.2 Å². The second-order valence-electron chi connectivity index (χ2n) is 7.89. The maximum atomic E-state index is 14.0. The number of halogens is 2. The molecule has 1 saturated heterocycles. The van der Waals surface area contributed by atoms with E-state index in [2.05, 4.69) is 20.9 Å². The summed E-state index contributed by atoms with van der Waals surface area (Å²) in [5.41, 5.74) is 1.93. The van der Waals surface area contributed by atoms with E-state index < -0.39 is 0 Å². The van der Waals surface area contributed by atoms with Crippen LogP contribution >= 0.6 is 27.7 Å². The first-order valence-electron chi connectivity index (χ1n) is 11.7. The number of amidine groups is 1. The molecule has 3 aromatic carbocycles. The summed E-state index contributed by atoms with van der Waals surface area (Å²) in [4.78, 5) is 20.0. The average molecular weight is 585 g/mol. The van der Waals surface area contributed by atoms with E-state index in [0.717, 1.165) is 17.0 Å². The van der Waals surface area contributed by atoms with Gasteiger partial charge in [0.05, 0.1) is 24.3 Å². The third kappa shape index (κ3) is 6.34. The van der Waals surface area contributed by atoms with Crippen molar-refractivity contribution in [3.63, 3.8) is 0 Å². The lowest BCUT2D eigenvalue weighted by atomic mass is 10.1. The number of carbonyl (C=O) groups is 1. The molecular formula is C28H26BrFN2O4S. The molecule has 1 amide bonds. The van der Waals surface area contributed by atoms with Crippen LogP contribution in [0, 0.1) is 5.82 Å². The summed E-state index contributed by atoms with van der Waals surface area (Å²) in [6, 6.07) is 17.4. The number of hydrogen-bond donors (Lipinski definition) is 0. The highest BCUT2D eigenvalue weighted by Crippen LogP contribution is 2.39. The third-order valence-corrected chi connectivity index (χ3v) is 7.19. The molecule has 0 aromatic heterocycles. The van der Waals surface area contributed by atoms with E-state index in [1.807, 2.05) is 38.1 Å². The standard InChI is InChI=1S/C28H26BrFN2O4S/c1-4-32-27(33)26(37-28(32)31-20-10-12-21(34-3)13-11-20)15-19-14-24(35-5-2)25(16-22(19)29)36-17-18-8-6-7-9-23(18)30/h6-16H,4-5,17H2,1-3H3/b26-15+,31-28?. The molecule has 1 aliphatic heterocycles. The molecule has 192 valence electrons. The fourth-order valence-corrected chi connectivity index (χ4v) is 5.08. The molecule has 0 aliphatic carbocycles. The van der Waals surface area contributed by atoms with Crippen molar-refractivity contribution in [1.82, 2.24) is 4.90 Å². The van der Waals surface area contributed by atoms with E-state index in [1.54, 1.807) is 48.4 Å².